The molecule has 3 heteroatoms. The van der Waals surface area contributed by atoms with E-state index in [0.717, 1.165) is 5.69 Å². The Kier molecular flexibility index (Phi) is 4.50. The minimum absolute atomic E-state index is 0.0303. The van der Waals surface area contributed by atoms with E-state index >= 15 is 0 Å². The van der Waals surface area contributed by atoms with Crippen LogP contribution >= 0.6 is 0 Å². The Morgan fingerprint density at radius 1 is 1.31 bits per heavy atom. The zero-order chi connectivity index (χ0) is 12.1. The number of carbonyl (C=O) groups is 1. The van der Waals surface area contributed by atoms with Gasteiger partial charge in [-0.25, -0.2) is 0 Å². The predicted molar refractivity (Wildman–Crippen MR) is 67.6 cm³/mol. The van der Waals surface area contributed by atoms with E-state index in [-0.39, 0.29) is 5.91 Å². The van der Waals surface area contributed by atoms with Gasteiger partial charge in [0.15, 0.2) is 0 Å². The summed E-state index contributed by atoms with van der Waals surface area (Å²) in [7, 11) is 0. The van der Waals surface area contributed by atoms with Crippen molar-refractivity contribution in [2.45, 2.75) is 26.7 Å². The van der Waals surface area contributed by atoms with Crippen LogP contribution in [0.25, 0.3) is 0 Å². The number of carbonyl (C=O) groups excluding carboxylic acids is 1. The summed E-state index contributed by atoms with van der Waals surface area (Å²) >= 11 is 0. The van der Waals surface area contributed by atoms with E-state index in [0.29, 0.717) is 19.0 Å². The van der Waals surface area contributed by atoms with Gasteiger partial charge in [0.1, 0.15) is 0 Å². The summed E-state index contributed by atoms with van der Waals surface area (Å²) in [6.07, 6.45) is 0. The molecule has 1 amide bonds. The average Bonchev–Trinajstić information content (AvgIpc) is 2.25. The number of benzene rings is 1. The second-order valence-electron chi connectivity index (χ2n) is 4.21. The molecule has 0 unspecified atom stereocenters. The molecule has 0 spiro atoms. The zero-order valence-corrected chi connectivity index (χ0v) is 10.2. The van der Waals surface area contributed by atoms with Gasteiger partial charge in [0.25, 0.3) is 0 Å². The van der Waals surface area contributed by atoms with Crippen LogP contribution in [0.2, 0.25) is 0 Å². The molecule has 16 heavy (non-hydrogen) atoms. The molecule has 0 aliphatic carbocycles. The Balaban J connectivity index is 2.89. The molecule has 0 atom stereocenters. The van der Waals surface area contributed by atoms with E-state index in [2.05, 4.69) is 26.0 Å². The number of nitrogens with two attached hydrogens (primary N) is 1. The molecule has 3 nitrogen and oxygen atoms in total. The topological polar surface area (TPSA) is 46.3 Å². The molecule has 0 aliphatic heterocycles. The molecule has 88 valence electrons. The third kappa shape index (κ3) is 3.07. The first kappa shape index (κ1) is 12.7. The van der Waals surface area contributed by atoms with Crippen LogP contribution in [0, 0.1) is 0 Å². The van der Waals surface area contributed by atoms with E-state index in [4.69, 9.17) is 5.73 Å². The maximum absolute atomic E-state index is 11.4. The summed E-state index contributed by atoms with van der Waals surface area (Å²) in [6, 6.07) is 8.08. The van der Waals surface area contributed by atoms with Crippen LogP contribution in [0.4, 0.5) is 5.69 Å². The molecule has 0 fully saturated rings. The predicted octanol–water partition coefficient (Wildman–Crippen LogP) is 2.12. The van der Waals surface area contributed by atoms with Gasteiger partial charge in [-0.15, -0.1) is 0 Å². The summed E-state index contributed by atoms with van der Waals surface area (Å²) in [5, 5.41) is 0. The highest BCUT2D eigenvalue weighted by Crippen LogP contribution is 2.19. The molecule has 0 radical (unpaired) electrons. The van der Waals surface area contributed by atoms with E-state index in [1.165, 1.54) is 5.56 Å². The van der Waals surface area contributed by atoms with Crippen molar-refractivity contribution in [3.05, 3.63) is 29.8 Å². The number of rotatable bonds is 4. The highest BCUT2D eigenvalue weighted by atomic mass is 16.2. The van der Waals surface area contributed by atoms with Crippen molar-refractivity contribution in [3.8, 4) is 0 Å². The molecular formula is C13H20N2O. The molecule has 1 rings (SSSR count). The standard InChI is InChI=1S/C13H20N2O/c1-10(2)12-4-6-13(7-5-12)15(9-8-14)11(3)16/h4-7,10H,8-9,14H2,1-3H3. The maximum Gasteiger partial charge on any atom is 0.223 e. The molecule has 0 aromatic heterocycles. The summed E-state index contributed by atoms with van der Waals surface area (Å²) < 4.78 is 0. The summed E-state index contributed by atoms with van der Waals surface area (Å²) in [6.45, 7) is 6.91. The summed E-state index contributed by atoms with van der Waals surface area (Å²) in [5.74, 6) is 0.539. The molecule has 0 aliphatic rings. The van der Waals surface area contributed by atoms with Crippen molar-refractivity contribution < 1.29 is 4.79 Å². The first-order chi connectivity index (χ1) is 7.56. The molecule has 1 aromatic carbocycles. The minimum Gasteiger partial charge on any atom is -0.329 e. The Labute approximate surface area is 97.2 Å². The lowest BCUT2D eigenvalue weighted by molar-refractivity contribution is -0.116. The molecule has 1 aromatic rings. The fourth-order valence-electron chi connectivity index (χ4n) is 1.64. The van der Waals surface area contributed by atoms with Gasteiger partial charge in [0, 0.05) is 25.7 Å². The van der Waals surface area contributed by atoms with Gasteiger partial charge >= 0.3 is 0 Å². The van der Waals surface area contributed by atoms with Crippen molar-refractivity contribution >= 4 is 11.6 Å². The molecule has 0 heterocycles. The number of anilines is 1. The summed E-state index contributed by atoms with van der Waals surface area (Å²) in [4.78, 5) is 13.1. The first-order valence-corrected chi connectivity index (χ1v) is 5.64. The lowest BCUT2D eigenvalue weighted by Crippen LogP contribution is -2.33. The van der Waals surface area contributed by atoms with Crippen LogP contribution in [-0.4, -0.2) is 19.0 Å². The lowest BCUT2D eigenvalue weighted by atomic mass is 10.0. The van der Waals surface area contributed by atoms with Gasteiger partial charge in [-0.05, 0) is 23.6 Å². The van der Waals surface area contributed by atoms with Crippen LogP contribution in [-0.2, 0) is 4.79 Å². The van der Waals surface area contributed by atoms with Crippen LogP contribution in [0.5, 0.6) is 0 Å². The quantitative estimate of drug-likeness (QED) is 0.844. The molecular weight excluding hydrogens is 200 g/mol. The third-order valence-electron chi connectivity index (χ3n) is 2.60. The molecule has 0 saturated carbocycles. The normalized spacial score (nSPS) is 10.6. The van der Waals surface area contributed by atoms with Crippen molar-refractivity contribution in [3.63, 3.8) is 0 Å². The Morgan fingerprint density at radius 2 is 1.88 bits per heavy atom. The van der Waals surface area contributed by atoms with Crippen molar-refractivity contribution in [1.82, 2.24) is 0 Å². The van der Waals surface area contributed by atoms with E-state index in [9.17, 15) is 4.79 Å². The van der Waals surface area contributed by atoms with Gasteiger partial charge in [-0.2, -0.15) is 0 Å². The van der Waals surface area contributed by atoms with Gasteiger partial charge in [0.2, 0.25) is 5.91 Å². The smallest absolute Gasteiger partial charge is 0.223 e. The van der Waals surface area contributed by atoms with Crippen LogP contribution in [0.1, 0.15) is 32.3 Å². The van der Waals surface area contributed by atoms with Gasteiger partial charge in [0.05, 0.1) is 0 Å². The number of nitrogens with zero attached hydrogens (tertiary/aromatic N) is 1. The second kappa shape index (κ2) is 5.66. The SMILES string of the molecule is CC(=O)N(CCN)c1ccc(C(C)C)cc1. The largest absolute Gasteiger partial charge is 0.329 e. The number of hydrogen-bond donors (Lipinski definition) is 1. The highest BCUT2D eigenvalue weighted by Gasteiger charge is 2.10. The van der Waals surface area contributed by atoms with Gasteiger partial charge < -0.3 is 10.6 Å². The molecule has 0 saturated heterocycles. The number of hydrogen-bond acceptors (Lipinski definition) is 2. The Morgan fingerprint density at radius 3 is 2.25 bits per heavy atom. The van der Waals surface area contributed by atoms with E-state index in [1.54, 1.807) is 11.8 Å². The van der Waals surface area contributed by atoms with Crippen LogP contribution < -0.4 is 10.6 Å². The third-order valence-corrected chi connectivity index (χ3v) is 2.60. The van der Waals surface area contributed by atoms with E-state index in [1.807, 2.05) is 12.1 Å². The van der Waals surface area contributed by atoms with Crippen LogP contribution in [0.3, 0.4) is 0 Å². The minimum atomic E-state index is 0.0303. The van der Waals surface area contributed by atoms with Crippen molar-refractivity contribution in [1.29, 1.82) is 0 Å². The van der Waals surface area contributed by atoms with Crippen LogP contribution in [0.15, 0.2) is 24.3 Å². The number of amides is 1. The zero-order valence-electron chi connectivity index (χ0n) is 10.2. The first-order valence-electron chi connectivity index (χ1n) is 5.64. The maximum atomic E-state index is 11.4. The monoisotopic (exact) mass is 220 g/mol. The van der Waals surface area contributed by atoms with Crippen molar-refractivity contribution in [2.75, 3.05) is 18.0 Å². The molecule has 2 N–H and O–H groups in total. The lowest BCUT2D eigenvalue weighted by Gasteiger charge is -2.20. The highest BCUT2D eigenvalue weighted by molar-refractivity contribution is 5.91. The van der Waals surface area contributed by atoms with E-state index < -0.39 is 0 Å². The Bertz CT molecular complexity index is 343. The average molecular weight is 220 g/mol. The fraction of sp³-hybridized carbons (Fsp3) is 0.462. The fourth-order valence-corrected chi connectivity index (χ4v) is 1.64. The molecule has 0 bridgehead atoms. The van der Waals surface area contributed by atoms with Gasteiger partial charge in [-0.1, -0.05) is 26.0 Å². The Hall–Kier alpha value is -1.35. The van der Waals surface area contributed by atoms with Gasteiger partial charge in [-0.3, -0.25) is 4.79 Å². The van der Waals surface area contributed by atoms with Crippen molar-refractivity contribution in [2.24, 2.45) is 5.73 Å². The second-order valence-corrected chi connectivity index (χ2v) is 4.21. The summed E-state index contributed by atoms with van der Waals surface area (Å²) in [5.41, 5.74) is 7.69.